The van der Waals surface area contributed by atoms with Crippen molar-refractivity contribution in [2.75, 3.05) is 5.32 Å². The molecule has 0 aliphatic rings. The third kappa shape index (κ3) is 3.64. The van der Waals surface area contributed by atoms with Crippen LogP contribution in [-0.4, -0.2) is 22.8 Å². The molecule has 2 N–H and O–H groups in total. The molecular weight excluding hydrogens is 274 g/mol. The largest absolute Gasteiger partial charge is 0.340 e. The molecule has 0 aliphatic carbocycles. The summed E-state index contributed by atoms with van der Waals surface area (Å²) in [5.41, 5.74) is 0.818. The monoisotopic (exact) mass is 289 g/mol. The van der Waals surface area contributed by atoms with Crippen LogP contribution in [0.25, 0.3) is 0 Å². The Labute approximate surface area is 121 Å². The highest BCUT2D eigenvalue weighted by molar-refractivity contribution is 7.12. The quantitative estimate of drug-likeness (QED) is 0.906. The lowest BCUT2D eigenvalue weighted by Crippen LogP contribution is -2.41. The van der Waals surface area contributed by atoms with E-state index in [4.69, 9.17) is 0 Å². The summed E-state index contributed by atoms with van der Waals surface area (Å²) in [5.74, 6) is -0.0694. The van der Waals surface area contributed by atoms with E-state index in [0.29, 0.717) is 10.7 Å². The number of carbonyl (C=O) groups excluding carboxylic acids is 2. The molecule has 0 radical (unpaired) electrons. The van der Waals surface area contributed by atoms with Crippen LogP contribution in [0.2, 0.25) is 0 Å². The van der Waals surface area contributed by atoms with E-state index in [0.717, 1.165) is 5.69 Å². The maximum Gasteiger partial charge on any atom is 0.261 e. The summed E-state index contributed by atoms with van der Waals surface area (Å²) >= 11 is 1.33. The average Bonchev–Trinajstić information content (AvgIpc) is 2.92. The van der Waals surface area contributed by atoms with Gasteiger partial charge in [-0.2, -0.15) is 0 Å². The minimum atomic E-state index is -0.632. The summed E-state index contributed by atoms with van der Waals surface area (Å²) in [6.07, 6.45) is 0. The van der Waals surface area contributed by atoms with E-state index >= 15 is 0 Å². The van der Waals surface area contributed by atoms with Gasteiger partial charge in [-0.1, -0.05) is 12.1 Å². The van der Waals surface area contributed by atoms with Gasteiger partial charge in [-0.25, -0.2) is 4.98 Å². The molecule has 1 atom stereocenters. The minimum Gasteiger partial charge on any atom is -0.340 e. The van der Waals surface area contributed by atoms with Gasteiger partial charge < -0.3 is 10.6 Å². The standard InChI is InChI=1S/C14H15N3O2S/c1-9-5-3-7-12(15-9)17-13(18)10(2)16-14(19)11-6-4-8-20-11/h3-8,10H,1-2H3,(H,16,19)(H,15,17,18). The number of amides is 2. The molecule has 0 fully saturated rings. The lowest BCUT2D eigenvalue weighted by Gasteiger charge is -2.13. The van der Waals surface area contributed by atoms with Crippen molar-refractivity contribution in [3.05, 3.63) is 46.3 Å². The van der Waals surface area contributed by atoms with Crippen LogP contribution in [0.1, 0.15) is 22.3 Å². The van der Waals surface area contributed by atoms with Crippen LogP contribution in [0.3, 0.4) is 0 Å². The predicted molar refractivity (Wildman–Crippen MR) is 78.9 cm³/mol. The molecule has 0 spiro atoms. The third-order valence-corrected chi connectivity index (χ3v) is 3.49. The molecule has 2 aromatic rings. The number of nitrogens with zero attached hydrogens (tertiary/aromatic N) is 1. The summed E-state index contributed by atoms with van der Waals surface area (Å²) in [6, 6.07) is 8.24. The molecule has 6 heteroatoms. The van der Waals surface area contributed by atoms with Crippen molar-refractivity contribution in [2.45, 2.75) is 19.9 Å². The lowest BCUT2D eigenvalue weighted by molar-refractivity contribution is -0.117. The minimum absolute atomic E-state index is 0.250. The summed E-state index contributed by atoms with van der Waals surface area (Å²) < 4.78 is 0. The van der Waals surface area contributed by atoms with Crippen LogP contribution >= 0.6 is 11.3 Å². The Balaban J connectivity index is 1.94. The van der Waals surface area contributed by atoms with Crippen molar-refractivity contribution >= 4 is 29.0 Å². The molecule has 2 aromatic heterocycles. The summed E-state index contributed by atoms with van der Waals surface area (Å²) in [5, 5.41) is 7.14. The molecule has 2 amide bonds. The zero-order valence-electron chi connectivity index (χ0n) is 11.2. The number of thiophene rings is 1. The molecule has 5 nitrogen and oxygen atoms in total. The number of aryl methyl sites for hydroxylation is 1. The van der Waals surface area contributed by atoms with Crippen molar-refractivity contribution in [3.8, 4) is 0 Å². The Hall–Kier alpha value is -2.21. The summed E-state index contributed by atoms with van der Waals surface area (Å²) in [7, 11) is 0. The van der Waals surface area contributed by atoms with Crippen molar-refractivity contribution in [1.82, 2.24) is 10.3 Å². The number of anilines is 1. The number of rotatable bonds is 4. The predicted octanol–water partition coefficient (Wildman–Crippen LogP) is 2.21. The van der Waals surface area contributed by atoms with E-state index in [1.165, 1.54) is 11.3 Å². The second-order valence-corrected chi connectivity index (χ2v) is 5.27. The Kier molecular flexibility index (Phi) is 4.47. The fraction of sp³-hybridized carbons (Fsp3) is 0.214. The molecule has 1 unspecified atom stereocenters. The van der Waals surface area contributed by atoms with Gasteiger partial charge in [-0.15, -0.1) is 11.3 Å². The van der Waals surface area contributed by atoms with Crippen LogP contribution in [0, 0.1) is 6.92 Å². The van der Waals surface area contributed by atoms with Crippen LogP contribution < -0.4 is 10.6 Å². The molecule has 0 bridgehead atoms. The van der Waals surface area contributed by atoms with Crippen LogP contribution in [0.15, 0.2) is 35.7 Å². The second-order valence-electron chi connectivity index (χ2n) is 4.33. The molecule has 0 aromatic carbocycles. The first-order valence-corrected chi connectivity index (χ1v) is 7.03. The zero-order chi connectivity index (χ0) is 14.5. The van der Waals surface area contributed by atoms with E-state index in [-0.39, 0.29) is 11.8 Å². The van der Waals surface area contributed by atoms with Gasteiger partial charge in [0.15, 0.2) is 0 Å². The van der Waals surface area contributed by atoms with Gasteiger partial charge in [0.2, 0.25) is 5.91 Å². The number of pyridine rings is 1. The summed E-state index contributed by atoms with van der Waals surface area (Å²) in [4.78, 5) is 28.6. The Morgan fingerprint density at radius 3 is 2.70 bits per heavy atom. The smallest absolute Gasteiger partial charge is 0.261 e. The first-order chi connectivity index (χ1) is 9.56. The van der Waals surface area contributed by atoms with Gasteiger partial charge in [0.1, 0.15) is 11.9 Å². The lowest BCUT2D eigenvalue weighted by atomic mass is 10.3. The van der Waals surface area contributed by atoms with Gasteiger partial charge in [-0.05, 0) is 37.4 Å². The fourth-order valence-corrected chi connectivity index (χ4v) is 2.22. The number of carbonyl (C=O) groups is 2. The molecule has 0 saturated heterocycles. The van der Waals surface area contributed by atoms with Gasteiger partial charge in [0, 0.05) is 5.69 Å². The second kappa shape index (κ2) is 6.29. The third-order valence-electron chi connectivity index (χ3n) is 2.63. The van der Waals surface area contributed by atoms with Gasteiger partial charge >= 0.3 is 0 Å². The maximum atomic E-state index is 12.0. The van der Waals surface area contributed by atoms with Gasteiger partial charge in [0.25, 0.3) is 5.91 Å². The van der Waals surface area contributed by atoms with Crippen molar-refractivity contribution < 1.29 is 9.59 Å². The highest BCUT2D eigenvalue weighted by Crippen LogP contribution is 2.09. The highest BCUT2D eigenvalue weighted by atomic mass is 32.1. The van der Waals surface area contributed by atoms with Crippen LogP contribution in [-0.2, 0) is 4.79 Å². The number of hydrogen-bond donors (Lipinski definition) is 2. The van der Waals surface area contributed by atoms with E-state index in [9.17, 15) is 9.59 Å². The molecule has 20 heavy (non-hydrogen) atoms. The highest BCUT2D eigenvalue weighted by Gasteiger charge is 2.17. The fourth-order valence-electron chi connectivity index (χ4n) is 1.59. The Morgan fingerprint density at radius 1 is 1.25 bits per heavy atom. The normalized spacial score (nSPS) is 11.7. The first-order valence-electron chi connectivity index (χ1n) is 6.15. The molecule has 0 saturated carbocycles. The summed E-state index contributed by atoms with van der Waals surface area (Å²) in [6.45, 7) is 3.48. The SMILES string of the molecule is Cc1cccc(NC(=O)C(C)NC(=O)c2cccs2)n1. The molecular formula is C14H15N3O2S. The van der Waals surface area contributed by atoms with Crippen molar-refractivity contribution in [3.63, 3.8) is 0 Å². The van der Waals surface area contributed by atoms with Crippen LogP contribution in [0.5, 0.6) is 0 Å². The van der Waals surface area contributed by atoms with Gasteiger partial charge in [-0.3, -0.25) is 9.59 Å². The number of aromatic nitrogens is 1. The van der Waals surface area contributed by atoms with Gasteiger partial charge in [0.05, 0.1) is 4.88 Å². The van der Waals surface area contributed by atoms with Crippen molar-refractivity contribution in [2.24, 2.45) is 0 Å². The Morgan fingerprint density at radius 2 is 2.05 bits per heavy atom. The maximum absolute atomic E-state index is 12.0. The number of nitrogens with one attached hydrogen (secondary N) is 2. The molecule has 0 aliphatic heterocycles. The van der Waals surface area contributed by atoms with Crippen molar-refractivity contribution in [1.29, 1.82) is 0 Å². The first kappa shape index (κ1) is 14.2. The topological polar surface area (TPSA) is 71.1 Å². The van der Waals surface area contributed by atoms with Crippen LogP contribution in [0.4, 0.5) is 5.82 Å². The van der Waals surface area contributed by atoms with E-state index in [1.807, 2.05) is 24.4 Å². The molecule has 104 valence electrons. The van der Waals surface area contributed by atoms with E-state index in [2.05, 4.69) is 15.6 Å². The molecule has 2 rings (SSSR count). The zero-order valence-corrected chi connectivity index (χ0v) is 12.0. The molecule has 2 heterocycles. The number of hydrogen-bond acceptors (Lipinski definition) is 4. The van der Waals surface area contributed by atoms with E-state index in [1.54, 1.807) is 25.1 Å². The Bertz CT molecular complexity index is 611. The average molecular weight is 289 g/mol. The van der Waals surface area contributed by atoms with E-state index < -0.39 is 6.04 Å².